The number of rotatable bonds is 2. The van der Waals surface area contributed by atoms with Gasteiger partial charge in [0.15, 0.2) is 0 Å². The molecule has 2 atom stereocenters. The highest BCUT2D eigenvalue weighted by atomic mass is 127. The summed E-state index contributed by atoms with van der Waals surface area (Å²) in [4.78, 5) is 3.63. The third-order valence-electron chi connectivity index (χ3n) is 5.31. The molecule has 1 heterocycles. The van der Waals surface area contributed by atoms with Crippen LogP contribution in [0.2, 0.25) is 0 Å². The van der Waals surface area contributed by atoms with Gasteiger partial charge >= 0.3 is 0 Å². The topological polar surface area (TPSA) is 36.0 Å². The van der Waals surface area contributed by atoms with Gasteiger partial charge in [0.2, 0.25) is 0 Å². The van der Waals surface area contributed by atoms with Crippen molar-refractivity contribution in [3.63, 3.8) is 0 Å². The standard InChI is InChI=1S/C20H20I3NO/c1-23-18-13(11-3-2-4-12(21)6-5-11)7-8-15-14-9-10-16(25)17(22)19(14)24-20(15)18/h7-12,24-25H,1-6H2. The lowest BCUT2D eigenvalue weighted by atomic mass is 9.91. The zero-order valence-corrected chi connectivity index (χ0v) is 20.3. The number of nitrogens with one attached hydrogen (secondary N) is 1. The highest BCUT2D eigenvalue weighted by Crippen LogP contribution is 2.41. The summed E-state index contributed by atoms with van der Waals surface area (Å²) in [6.45, 7) is 0. The van der Waals surface area contributed by atoms with E-state index in [9.17, 15) is 5.11 Å². The molecular weight excluding hydrogens is 651 g/mol. The second-order valence-corrected chi connectivity index (χ2v) is 11.5. The van der Waals surface area contributed by atoms with Gasteiger partial charge in [-0.3, -0.25) is 0 Å². The van der Waals surface area contributed by atoms with E-state index in [1.165, 1.54) is 57.5 Å². The third kappa shape index (κ3) is 3.37. The molecule has 2 aromatic carbocycles. The molecule has 2 unspecified atom stereocenters. The first-order chi connectivity index (χ1) is 12.1. The van der Waals surface area contributed by atoms with E-state index in [0.717, 1.165) is 13.0 Å². The largest absolute Gasteiger partial charge is 0.507 e. The second kappa shape index (κ2) is 7.61. The maximum atomic E-state index is 10.0. The van der Waals surface area contributed by atoms with Crippen molar-refractivity contribution >= 4 is 92.2 Å². The van der Waals surface area contributed by atoms with E-state index >= 15 is 0 Å². The lowest BCUT2D eigenvalue weighted by molar-refractivity contribution is 0.472. The zero-order chi connectivity index (χ0) is 17.6. The Hall–Kier alpha value is 0.1000. The quantitative estimate of drug-likeness (QED) is 0.171. The molecule has 0 saturated heterocycles. The molecule has 0 amide bonds. The van der Waals surface area contributed by atoms with Crippen LogP contribution in [0.1, 0.15) is 43.6 Å². The normalized spacial score (nSPS) is 21.7. The molecule has 25 heavy (non-hydrogen) atoms. The van der Waals surface area contributed by atoms with Gasteiger partial charge in [-0.15, -0.1) is 0 Å². The number of fused-ring (bicyclic) bond motifs is 3. The van der Waals surface area contributed by atoms with E-state index in [2.05, 4.69) is 66.8 Å². The van der Waals surface area contributed by atoms with Crippen LogP contribution in [-0.4, -0.2) is 18.5 Å². The number of aromatic hydroxyl groups is 1. The number of benzene rings is 2. The minimum absolute atomic E-state index is 0.265. The summed E-state index contributed by atoms with van der Waals surface area (Å²) in [5.74, 6) is 1.03. The number of halogens is 3. The fourth-order valence-electron chi connectivity index (χ4n) is 4.00. The molecule has 1 saturated carbocycles. The van der Waals surface area contributed by atoms with Crippen molar-refractivity contribution in [1.29, 1.82) is 0 Å². The van der Waals surface area contributed by atoms with Gasteiger partial charge in [-0.2, -0.15) is 0 Å². The van der Waals surface area contributed by atoms with Crippen LogP contribution in [0.3, 0.4) is 0 Å². The summed E-state index contributed by atoms with van der Waals surface area (Å²) in [5, 5.41) is 12.5. The first-order valence-corrected chi connectivity index (χ1v) is 13.5. The van der Waals surface area contributed by atoms with Gasteiger partial charge < -0.3 is 10.1 Å². The van der Waals surface area contributed by atoms with Crippen molar-refractivity contribution < 1.29 is 5.11 Å². The van der Waals surface area contributed by atoms with Gasteiger partial charge in [-0.05, 0) is 71.9 Å². The van der Waals surface area contributed by atoms with Crippen LogP contribution in [0.15, 0.2) is 24.3 Å². The van der Waals surface area contributed by atoms with Gasteiger partial charge in [-0.1, -0.05) is 66.4 Å². The lowest BCUT2D eigenvalue weighted by Crippen LogP contribution is -2.01. The predicted octanol–water partition coefficient (Wildman–Crippen LogP) is 7.05. The summed E-state index contributed by atoms with van der Waals surface area (Å²) >= 11 is 4.59. The summed E-state index contributed by atoms with van der Waals surface area (Å²) in [6.07, 6.45) is 6.63. The Labute approximate surface area is 185 Å². The van der Waals surface area contributed by atoms with E-state index < -0.39 is 0 Å². The number of hydrogen-bond donors (Lipinski definition) is 2. The van der Waals surface area contributed by atoms with E-state index in [1.807, 2.05) is 6.07 Å². The Balaban J connectivity index is 1.91. The predicted molar refractivity (Wildman–Crippen MR) is 134 cm³/mol. The molecule has 0 aliphatic heterocycles. The smallest absolute Gasteiger partial charge is 0.131 e. The molecule has 3 aromatic rings. The second-order valence-electron chi connectivity index (χ2n) is 6.77. The fraction of sp³-hybridized carbons (Fsp3) is 0.350. The molecule has 1 fully saturated rings. The Morgan fingerprint density at radius 2 is 1.80 bits per heavy atom. The van der Waals surface area contributed by atoms with Crippen molar-refractivity contribution in [2.75, 3.05) is 0 Å². The maximum Gasteiger partial charge on any atom is 0.131 e. The molecule has 0 radical (unpaired) electrons. The molecule has 1 aromatic heterocycles. The number of alkyl halides is 1. The molecule has 2 N–H and O–H groups in total. The number of hydrogen-bond acceptors (Lipinski definition) is 1. The third-order valence-corrected chi connectivity index (χ3v) is 9.57. The van der Waals surface area contributed by atoms with Gasteiger partial charge in [0.1, 0.15) is 5.75 Å². The monoisotopic (exact) mass is 671 g/mol. The van der Waals surface area contributed by atoms with Crippen molar-refractivity contribution in [1.82, 2.24) is 4.98 Å². The van der Waals surface area contributed by atoms with Crippen LogP contribution in [0.4, 0.5) is 0 Å². The molecule has 4 rings (SSSR count). The van der Waals surface area contributed by atoms with Crippen molar-refractivity contribution in [2.45, 2.75) is 41.9 Å². The van der Waals surface area contributed by atoms with Crippen molar-refractivity contribution in [3.05, 3.63) is 37.0 Å². The summed E-state index contributed by atoms with van der Waals surface area (Å²) < 4.78 is 7.56. The Morgan fingerprint density at radius 1 is 1.04 bits per heavy atom. The summed E-state index contributed by atoms with van der Waals surface area (Å²) in [7, 11) is 0. The molecule has 1 aliphatic carbocycles. The SMILES string of the molecule is C=Ic1c(C2CCCC(I)CC2)ccc2c1[nH]c1c(I)c(O)ccc12. The Morgan fingerprint density at radius 3 is 2.60 bits per heavy atom. The summed E-state index contributed by atoms with van der Waals surface area (Å²) in [6, 6.07) is 8.48. The molecule has 0 spiro atoms. The van der Waals surface area contributed by atoms with Crippen LogP contribution in [0.5, 0.6) is 5.75 Å². The number of phenolic OH excluding ortho intramolecular Hbond substituents is 1. The van der Waals surface area contributed by atoms with Crippen LogP contribution in [0, 0.1) is 7.14 Å². The molecule has 2 nitrogen and oxygen atoms in total. The molecule has 0 bridgehead atoms. The average Bonchev–Trinajstić information content (AvgIpc) is 2.86. The average molecular weight is 671 g/mol. The Kier molecular flexibility index (Phi) is 5.62. The van der Waals surface area contributed by atoms with E-state index in [4.69, 9.17) is 0 Å². The number of phenols is 1. The number of aromatic nitrogens is 1. The number of aromatic amines is 1. The molecule has 1 aliphatic rings. The Bertz CT molecular complexity index is 963. The van der Waals surface area contributed by atoms with Crippen molar-refractivity contribution in [3.8, 4) is 5.75 Å². The zero-order valence-electron chi connectivity index (χ0n) is 13.8. The molecule has 5 heteroatoms. The van der Waals surface area contributed by atoms with Crippen LogP contribution >= 0.6 is 65.9 Å². The van der Waals surface area contributed by atoms with Crippen molar-refractivity contribution in [2.24, 2.45) is 0 Å². The van der Waals surface area contributed by atoms with Crippen LogP contribution in [-0.2, 0) is 0 Å². The minimum Gasteiger partial charge on any atom is -0.507 e. The van der Waals surface area contributed by atoms with Gasteiger partial charge in [0, 0.05) is 18.3 Å². The van der Waals surface area contributed by atoms with Gasteiger partial charge in [0.25, 0.3) is 0 Å². The molecular formula is C20H20I3NO. The highest BCUT2D eigenvalue weighted by molar-refractivity contribution is 14.2. The summed E-state index contributed by atoms with van der Waals surface area (Å²) in [5.41, 5.74) is 3.85. The van der Waals surface area contributed by atoms with E-state index in [1.54, 1.807) is 6.07 Å². The molecule has 132 valence electrons. The van der Waals surface area contributed by atoms with Gasteiger partial charge in [-0.25, -0.2) is 0 Å². The lowest BCUT2D eigenvalue weighted by Gasteiger charge is -2.17. The minimum atomic E-state index is -0.265. The number of H-pyrrole nitrogens is 1. The fourth-order valence-corrected chi connectivity index (χ4v) is 7.27. The first kappa shape index (κ1) is 18.5. The van der Waals surface area contributed by atoms with Crippen LogP contribution < -0.4 is 0 Å². The highest BCUT2D eigenvalue weighted by Gasteiger charge is 2.22. The van der Waals surface area contributed by atoms with E-state index in [0.29, 0.717) is 11.7 Å². The van der Waals surface area contributed by atoms with E-state index in [-0.39, 0.29) is 20.7 Å². The first-order valence-electron chi connectivity index (χ1n) is 8.58. The van der Waals surface area contributed by atoms with Crippen LogP contribution in [0.25, 0.3) is 21.8 Å². The van der Waals surface area contributed by atoms with Gasteiger partial charge in [0.05, 0.1) is 14.6 Å². The maximum absolute atomic E-state index is 10.0.